The summed E-state index contributed by atoms with van der Waals surface area (Å²) in [6.45, 7) is 4.12. The number of carboxylic acids is 1. The Bertz CT molecular complexity index is 1230. The van der Waals surface area contributed by atoms with Crippen LogP contribution in [0.3, 0.4) is 0 Å². The number of nitrogens with one attached hydrogen (secondary N) is 4. The zero-order valence-electron chi connectivity index (χ0n) is 24.3. The Kier molecular flexibility index (Phi) is 13.7. The molecule has 0 bridgehead atoms. The van der Waals surface area contributed by atoms with Gasteiger partial charge in [0.15, 0.2) is 5.96 Å². The van der Waals surface area contributed by atoms with E-state index in [2.05, 4.69) is 25.9 Å². The number of H-pyrrole nitrogens is 1. The smallest absolute Gasteiger partial charge is 0.326 e. The summed E-state index contributed by atoms with van der Waals surface area (Å²) in [5.74, 6) is -3.41. The topological polar surface area (TPSA) is 257 Å². The highest BCUT2D eigenvalue weighted by atomic mass is 16.4. The number of nitrogens with zero attached hydrogens (tertiary/aromatic N) is 1. The molecule has 0 aliphatic heterocycles. The first kappa shape index (κ1) is 34.0. The Balaban J connectivity index is 2.08. The third-order valence-electron chi connectivity index (χ3n) is 6.84. The molecule has 232 valence electrons. The Labute approximate surface area is 245 Å². The Morgan fingerprint density at radius 2 is 1.60 bits per heavy atom. The minimum Gasteiger partial charge on any atom is -0.480 e. The number of aromatic nitrogens is 1. The molecule has 0 aliphatic carbocycles. The van der Waals surface area contributed by atoms with Crippen LogP contribution in [0, 0.1) is 5.92 Å². The number of para-hydroxylation sites is 1. The average molecular weight is 588 g/mol. The Hall–Kier alpha value is -4.17. The lowest BCUT2D eigenvalue weighted by molar-refractivity contribution is -0.142. The molecule has 3 amide bonds. The molecule has 0 radical (unpaired) electrons. The summed E-state index contributed by atoms with van der Waals surface area (Å²) < 4.78 is 0. The number of rotatable bonds is 18. The van der Waals surface area contributed by atoms with E-state index in [9.17, 15) is 24.3 Å². The highest BCUT2D eigenvalue weighted by Crippen LogP contribution is 2.19. The standard InChI is InChI=1S/C28H45N9O5/c1-16(2)23(37-24(38)19(30)14-17-15-34-20-9-4-3-8-18(17)20)26(40)35-21(10-5-6-12-29)25(39)36-22(27(41)42)11-7-13-33-28(31)32/h3-4,8-9,15-16,19,21-23,34H,5-7,10-14,29-30H2,1-2H3,(H,35,40)(H,36,39)(H,37,38)(H,41,42)(H4,31,32,33). The normalized spacial score (nSPS) is 14.0. The second-order valence-corrected chi connectivity index (χ2v) is 10.6. The van der Waals surface area contributed by atoms with Gasteiger partial charge < -0.3 is 49.0 Å². The number of benzene rings is 1. The van der Waals surface area contributed by atoms with E-state index in [1.165, 1.54) is 0 Å². The SMILES string of the molecule is CC(C)C(NC(=O)C(N)Cc1c[nH]c2ccccc12)C(=O)NC(CCCCN)C(=O)NC(CCCN=C(N)N)C(=O)O. The maximum atomic E-state index is 13.3. The molecule has 2 rings (SSSR count). The lowest BCUT2D eigenvalue weighted by Gasteiger charge is -2.27. The van der Waals surface area contributed by atoms with Crippen molar-refractivity contribution in [2.45, 2.75) is 76.5 Å². The van der Waals surface area contributed by atoms with Gasteiger partial charge in [0.05, 0.1) is 6.04 Å². The number of aliphatic carboxylic acids is 1. The number of carbonyl (C=O) groups excluding carboxylic acids is 3. The lowest BCUT2D eigenvalue weighted by atomic mass is 10.00. The predicted molar refractivity (Wildman–Crippen MR) is 161 cm³/mol. The van der Waals surface area contributed by atoms with Crippen molar-refractivity contribution in [3.8, 4) is 0 Å². The number of aromatic amines is 1. The van der Waals surface area contributed by atoms with E-state index in [-0.39, 0.29) is 37.7 Å². The molecule has 1 aromatic carbocycles. The Morgan fingerprint density at radius 1 is 0.929 bits per heavy atom. The zero-order chi connectivity index (χ0) is 31.2. The van der Waals surface area contributed by atoms with E-state index < -0.39 is 47.9 Å². The van der Waals surface area contributed by atoms with Crippen molar-refractivity contribution in [3.63, 3.8) is 0 Å². The number of aliphatic imine (C=N–C) groups is 1. The molecule has 14 nitrogen and oxygen atoms in total. The molecule has 0 fully saturated rings. The van der Waals surface area contributed by atoms with Crippen molar-refractivity contribution < 1.29 is 24.3 Å². The minimum absolute atomic E-state index is 0.0836. The van der Waals surface area contributed by atoms with E-state index >= 15 is 0 Å². The van der Waals surface area contributed by atoms with Crippen LogP contribution in [-0.4, -0.2) is 77.0 Å². The van der Waals surface area contributed by atoms with E-state index in [0.29, 0.717) is 25.8 Å². The molecule has 13 N–H and O–H groups in total. The first-order chi connectivity index (χ1) is 19.9. The maximum absolute atomic E-state index is 13.3. The first-order valence-corrected chi connectivity index (χ1v) is 14.1. The molecule has 1 heterocycles. The largest absolute Gasteiger partial charge is 0.480 e. The fourth-order valence-electron chi connectivity index (χ4n) is 4.48. The molecule has 0 aliphatic rings. The van der Waals surface area contributed by atoms with Crippen LogP contribution in [0.15, 0.2) is 35.5 Å². The fraction of sp³-hybridized carbons (Fsp3) is 0.536. The van der Waals surface area contributed by atoms with Gasteiger partial charge in [0.25, 0.3) is 0 Å². The van der Waals surface area contributed by atoms with Gasteiger partial charge in [-0.25, -0.2) is 4.79 Å². The molecule has 2 aromatic rings. The molecule has 4 unspecified atom stereocenters. The molecule has 0 saturated heterocycles. The van der Waals surface area contributed by atoms with Gasteiger partial charge in [0, 0.05) is 23.6 Å². The summed E-state index contributed by atoms with van der Waals surface area (Å²) in [5.41, 5.74) is 24.2. The van der Waals surface area contributed by atoms with Gasteiger partial charge in [-0.3, -0.25) is 19.4 Å². The summed E-state index contributed by atoms with van der Waals surface area (Å²) in [5, 5.41) is 18.5. The molecule has 0 saturated carbocycles. The molecular formula is C28H45N9O5. The van der Waals surface area contributed by atoms with Crippen molar-refractivity contribution >= 4 is 40.6 Å². The summed E-state index contributed by atoms with van der Waals surface area (Å²) in [7, 11) is 0. The zero-order valence-corrected chi connectivity index (χ0v) is 24.3. The van der Waals surface area contributed by atoms with Gasteiger partial charge in [-0.05, 0) is 62.6 Å². The van der Waals surface area contributed by atoms with Crippen molar-refractivity contribution in [3.05, 3.63) is 36.0 Å². The molecule has 1 aromatic heterocycles. The third-order valence-corrected chi connectivity index (χ3v) is 6.84. The summed E-state index contributed by atoms with van der Waals surface area (Å²) in [6, 6.07) is 3.52. The highest BCUT2D eigenvalue weighted by molar-refractivity contribution is 5.94. The van der Waals surface area contributed by atoms with Crippen LogP contribution in [0.25, 0.3) is 10.9 Å². The van der Waals surface area contributed by atoms with Gasteiger partial charge in [-0.1, -0.05) is 32.0 Å². The summed E-state index contributed by atoms with van der Waals surface area (Å²) in [4.78, 5) is 58.3. The number of carboxylic acid groups (broad SMARTS) is 1. The molecule has 4 atom stereocenters. The quantitative estimate of drug-likeness (QED) is 0.0613. The fourth-order valence-corrected chi connectivity index (χ4v) is 4.48. The number of guanidine groups is 1. The highest BCUT2D eigenvalue weighted by Gasteiger charge is 2.31. The van der Waals surface area contributed by atoms with Crippen molar-refractivity contribution in [1.29, 1.82) is 0 Å². The second-order valence-electron chi connectivity index (χ2n) is 10.6. The number of hydrogen-bond donors (Lipinski definition) is 9. The molecule has 14 heteroatoms. The number of carbonyl (C=O) groups is 4. The Morgan fingerprint density at radius 3 is 2.24 bits per heavy atom. The van der Waals surface area contributed by atoms with Crippen LogP contribution in [0.5, 0.6) is 0 Å². The van der Waals surface area contributed by atoms with Crippen LogP contribution in [0.4, 0.5) is 0 Å². The second kappa shape index (κ2) is 16.9. The summed E-state index contributed by atoms with van der Waals surface area (Å²) >= 11 is 0. The molecule has 42 heavy (non-hydrogen) atoms. The van der Waals surface area contributed by atoms with Crippen molar-refractivity contribution in [2.75, 3.05) is 13.1 Å². The number of unbranched alkanes of at least 4 members (excludes halogenated alkanes) is 1. The van der Waals surface area contributed by atoms with Gasteiger partial charge in [-0.15, -0.1) is 0 Å². The van der Waals surface area contributed by atoms with E-state index in [4.69, 9.17) is 22.9 Å². The van der Waals surface area contributed by atoms with Gasteiger partial charge in [0.1, 0.15) is 18.1 Å². The van der Waals surface area contributed by atoms with E-state index in [0.717, 1.165) is 16.5 Å². The van der Waals surface area contributed by atoms with Crippen LogP contribution < -0.4 is 38.9 Å². The maximum Gasteiger partial charge on any atom is 0.326 e. The number of nitrogens with two attached hydrogens (primary N) is 4. The van der Waals surface area contributed by atoms with Crippen LogP contribution in [-0.2, 0) is 25.6 Å². The molecule has 0 spiro atoms. The van der Waals surface area contributed by atoms with Crippen LogP contribution in [0.2, 0.25) is 0 Å². The number of fused-ring (bicyclic) bond motifs is 1. The van der Waals surface area contributed by atoms with E-state index in [1.807, 2.05) is 24.3 Å². The van der Waals surface area contributed by atoms with Gasteiger partial charge in [-0.2, -0.15) is 0 Å². The third kappa shape index (κ3) is 10.7. The average Bonchev–Trinajstić information content (AvgIpc) is 3.34. The number of amides is 3. The van der Waals surface area contributed by atoms with Gasteiger partial charge >= 0.3 is 5.97 Å². The van der Waals surface area contributed by atoms with Crippen molar-refractivity contribution in [1.82, 2.24) is 20.9 Å². The predicted octanol–water partition coefficient (Wildman–Crippen LogP) is -0.585. The number of hydrogen-bond acceptors (Lipinski definition) is 7. The first-order valence-electron chi connectivity index (χ1n) is 14.1. The van der Waals surface area contributed by atoms with Crippen LogP contribution in [0.1, 0.15) is 51.5 Å². The monoisotopic (exact) mass is 587 g/mol. The summed E-state index contributed by atoms with van der Waals surface area (Å²) in [6.07, 6.45) is 3.82. The molecular weight excluding hydrogens is 542 g/mol. The van der Waals surface area contributed by atoms with E-state index in [1.54, 1.807) is 20.0 Å². The van der Waals surface area contributed by atoms with Gasteiger partial charge in [0.2, 0.25) is 17.7 Å². The minimum atomic E-state index is -1.23. The van der Waals surface area contributed by atoms with Crippen LogP contribution >= 0.6 is 0 Å². The lowest BCUT2D eigenvalue weighted by Crippen LogP contribution is -2.58. The van der Waals surface area contributed by atoms with Crippen molar-refractivity contribution in [2.24, 2.45) is 33.8 Å².